The largest absolute Gasteiger partial charge is 0.456 e. The van der Waals surface area contributed by atoms with Crippen LogP contribution in [0.4, 0.5) is 0 Å². The first-order chi connectivity index (χ1) is 28.7. The van der Waals surface area contributed by atoms with E-state index >= 15 is 0 Å². The maximum atomic E-state index is 6.50. The molecule has 5 heteroatoms. The second kappa shape index (κ2) is 12.8. The van der Waals surface area contributed by atoms with Crippen LogP contribution >= 0.6 is 0 Å². The van der Waals surface area contributed by atoms with Crippen LogP contribution in [0.3, 0.4) is 0 Å². The summed E-state index contributed by atoms with van der Waals surface area (Å²) in [4.78, 5) is 15.2. The molecular formula is C53H31N3O2. The summed E-state index contributed by atoms with van der Waals surface area (Å²) in [7, 11) is 0. The van der Waals surface area contributed by atoms with Crippen LogP contribution in [0.15, 0.2) is 197 Å². The number of furan rings is 2. The third-order valence-electron chi connectivity index (χ3n) is 11.3. The van der Waals surface area contributed by atoms with Crippen molar-refractivity contribution in [2.24, 2.45) is 0 Å². The molecular weight excluding hydrogens is 711 g/mol. The predicted octanol–water partition coefficient (Wildman–Crippen LogP) is 14.3. The highest BCUT2D eigenvalue weighted by Gasteiger charge is 2.17. The molecule has 0 atom stereocenters. The first-order valence-corrected chi connectivity index (χ1v) is 19.4. The molecule has 0 radical (unpaired) electrons. The van der Waals surface area contributed by atoms with Crippen molar-refractivity contribution < 1.29 is 8.83 Å². The second-order valence-corrected chi connectivity index (χ2v) is 14.8. The van der Waals surface area contributed by atoms with E-state index in [9.17, 15) is 0 Å². The zero-order chi connectivity index (χ0) is 38.2. The number of benzene rings is 9. The van der Waals surface area contributed by atoms with Crippen molar-refractivity contribution in [2.45, 2.75) is 0 Å². The molecule has 0 N–H and O–H groups in total. The van der Waals surface area contributed by atoms with Gasteiger partial charge in [0.2, 0.25) is 0 Å². The number of rotatable bonds is 5. The minimum Gasteiger partial charge on any atom is -0.456 e. The van der Waals surface area contributed by atoms with Crippen molar-refractivity contribution in [3.05, 3.63) is 188 Å². The lowest BCUT2D eigenvalue weighted by molar-refractivity contribution is 0.669. The molecule has 0 fully saturated rings. The van der Waals surface area contributed by atoms with Gasteiger partial charge in [-0.25, -0.2) is 15.0 Å². The van der Waals surface area contributed by atoms with E-state index in [-0.39, 0.29) is 0 Å². The Balaban J connectivity index is 0.941. The van der Waals surface area contributed by atoms with Crippen LogP contribution in [0.1, 0.15) is 0 Å². The van der Waals surface area contributed by atoms with Gasteiger partial charge in [0.15, 0.2) is 17.5 Å². The summed E-state index contributed by atoms with van der Waals surface area (Å²) in [6, 6.07) is 65.3. The minimum absolute atomic E-state index is 0.582. The molecule has 0 bridgehead atoms. The zero-order valence-electron chi connectivity index (χ0n) is 31.1. The van der Waals surface area contributed by atoms with Gasteiger partial charge >= 0.3 is 0 Å². The van der Waals surface area contributed by atoms with Gasteiger partial charge in [-0.1, -0.05) is 133 Å². The standard InChI is InChI=1S/C53H31N3O2/c1-2-8-32(9-3-1)34-14-17-35(18-15-34)51-54-52(40-19-16-33-10-4-5-11-36(33)29-40)56-53(55-51)41-22-25-44-46-30-38(23-27-48(46)57-49(44)31-41)37-20-24-42-39(28-37)21-26-45-43-12-6-7-13-47(43)58-50(42)45/h1-31H. The van der Waals surface area contributed by atoms with Gasteiger partial charge in [0.05, 0.1) is 0 Å². The summed E-state index contributed by atoms with van der Waals surface area (Å²) in [5, 5.41) is 8.90. The molecule has 0 spiro atoms. The first kappa shape index (κ1) is 32.4. The Kier molecular flexibility index (Phi) is 7.16. The van der Waals surface area contributed by atoms with Crippen LogP contribution in [-0.4, -0.2) is 15.0 Å². The van der Waals surface area contributed by atoms with Crippen LogP contribution in [-0.2, 0) is 0 Å². The molecule has 0 aliphatic carbocycles. The van der Waals surface area contributed by atoms with E-state index in [1.807, 2.05) is 24.3 Å². The summed E-state index contributed by atoms with van der Waals surface area (Å²) in [6.45, 7) is 0. The van der Waals surface area contributed by atoms with E-state index in [0.29, 0.717) is 17.5 Å². The van der Waals surface area contributed by atoms with E-state index in [4.69, 9.17) is 23.8 Å². The van der Waals surface area contributed by atoms with Gasteiger partial charge in [0, 0.05) is 43.6 Å². The zero-order valence-corrected chi connectivity index (χ0v) is 31.1. The Bertz CT molecular complexity index is 3570. The molecule has 0 saturated heterocycles. The summed E-state index contributed by atoms with van der Waals surface area (Å²) in [6.07, 6.45) is 0. The van der Waals surface area contributed by atoms with Crippen LogP contribution in [0.2, 0.25) is 0 Å². The third kappa shape index (κ3) is 5.36. The van der Waals surface area contributed by atoms with E-state index in [0.717, 1.165) is 99.0 Å². The molecule has 0 aliphatic heterocycles. The number of nitrogens with zero attached hydrogens (tertiary/aromatic N) is 3. The fourth-order valence-corrected chi connectivity index (χ4v) is 8.32. The lowest BCUT2D eigenvalue weighted by Gasteiger charge is -2.10. The van der Waals surface area contributed by atoms with Crippen LogP contribution in [0, 0.1) is 0 Å². The fraction of sp³-hybridized carbons (Fsp3) is 0. The second-order valence-electron chi connectivity index (χ2n) is 14.8. The monoisotopic (exact) mass is 741 g/mol. The maximum absolute atomic E-state index is 6.50. The Hall–Kier alpha value is -7.89. The van der Waals surface area contributed by atoms with Crippen molar-refractivity contribution in [1.82, 2.24) is 15.0 Å². The van der Waals surface area contributed by atoms with Gasteiger partial charge in [0.1, 0.15) is 22.3 Å². The topological polar surface area (TPSA) is 65.0 Å². The third-order valence-corrected chi connectivity index (χ3v) is 11.3. The van der Waals surface area contributed by atoms with Crippen LogP contribution < -0.4 is 0 Å². The normalized spacial score (nSPS) is 11.8. The molecule has 0 saturated carbocycles. The molecule has 3 heterocycles. The van der Waals surface area contributed by atoms with E-state index < -0.39 is 0 Å². The minimum atomic E-state index is 0.582. The SMILES string of the molecule is c1ccc(-c2ccc(-c3nc(-c4ccc5ccccc5c4)nc(-c4ccc5c(c4)oc4ccc(-c6ccc7c(ccc8c9ccccc9oc78)c6)cc45)n3)cc2)cc1. The number of para-hydroxylation sites is 1. The number of aromatic nitrogens is 3. The van der Waals surface area contributed by atoms with Crippen molar-refractivity contribution >= 4 is 65.4 Å². The van der Waals surface area contributed by atoms with Crippen molar-refractivity contribution in [1.29, 1.82) is 0 Å². The summed E-state index contributed by atoms with van der Waals surface area (Å²) < 4.78 is 12.8. The summed E-state index contributed by atoms with van der Waals surface area (Å²) in [5.74, 6) is 1.81. The molecule has 58 heavy (non-hydrogen) atoms. The molecule has 0 aliphatic rings. The highest BCUT2D eigenvalue weighted by Crippen LogP contribution is 2.38. The van der Waals surface area contributed by atoms with Gasteiger partial charge < -0.3 is 8.83 Å². The number of fused-ring (bicyclic) bond motifs is 9. The Morgan fingerprint density at radius 1 is 0.259 bits per heavy atom. The Morgan fingerprint density at radius 2 is 0.793 bits per heavy atom. The van der Waals surface area contributed by atoms with Gasteiger partial charge in [-0.15, -0.1) is 0 Å². The molecule has 0 amide bonds. The number of hydrogen-bond acceptors (Lipinski definition) is 5. The van der Waals surface area contributed by atoms with Gasteiger partial charge in [-0.2, -0.15) is 0 Å². The maximum Gasteiger partial charge on any atom is 0.164 e. The first-order valence-electron chi connectivity index (χ1n) is 19.4. The lowest BCUT2D eigenvalue weighted by atomic mass is 9.98. The van der Waals surface area contributed by atoms with Crippen molar-refractivity contribution in [3.63, 3.8) is 0 Å². The smallest absolute Gasteiger partial charge is 0.164 e. The molecule has 0 unspecified atom stereocenters. The van der Waals surface area contributed by atoms with Crippen molar-refractivity contribution in [2.75, 3.05) is 0 Å². The van der Waals surface area contributed by atoms with Gasteiger partial charge in [-0.3, -0.25) is 0 Å². The Morgan fingerprint density at radius 3 is 1.66 bits per heavy atom. The summed E-state index contributed by atoms with van der Waals surface area (Å²) >= 11 is 0. The quantitative estimate of drug-likeness (QED) is 0.176. The van der Waals surface area contributed by atoms with E-state index in [2.05, 4.69) is 164 Å². The predicted molar refractivity (Wildman–Crippen MR) is 237 cm³/mol. The molecule has 9 aromatic carbocycles. The van der Waals surface area contributed by atoms with E-state index in [1.54, 1.807) is 0 Å². The molecule has 12 rings (SSSR count). The van der Waals surface area contributed by atoms with E-state index in [1.165, 1.54) is 5.39 Å². The number of hydrogen-bond donors (Lipinski definition) is 0. The van der Waals surface area contributed by atoms with Crippen LogP contribution in [0.25, 0.3) is 122 Å². The lowest BCUT2D eigenvalue weighted by Crippen LogP contribution is -2.00. The molecule has 3 aromatic heterocycles. The van der Waals surface area contributed by atoms with Gasteiger partial charge in [0.25, 0.3) is 0 Å². The summed E-state index contributed by atoms with van der Waals surface area (Å²) in [5.41, 5.74) is 10.7. The average molecular weight is 742 g/mol. The average Bonchev–Trinajstić information content (AvgIpc) is 3.87. The van der Waals surface area contributed by atoms with Gasteiger partial charge in [-0.05, 0) is 93.0 Å². The highest BCUT2D eigenvalue weighted by molar-refractivity contribution is 6.15. The molecule has 270 valence electrons. The molecule has 5 nitrogen and oxygen atoms in total. The molecule has 12 aromatic rings. The highest BCUT2D eigenvalue weighted by atomic mass is 16.3. The Labute approximate surface area is 332 Å². The van der Waals surface area contributed by atoms with Crippen molar-refractivity contribution in [3.8, 4) is 56.4 Å². The van der Waals surface area contributed by atoms with Crippen LogP contribution in [0.5, 0.6) is 0 Å². The fourth-order valence-electron chi connectivity index (χ4n) is 8.32.